The van der Waals surface area contributed by atoms with Gasteiger partial charge in [-0.2, -0.15) is 0 Å². The summed E-state index contributed by atoms with van der Waals surface area (Å²) >= 11 is 11.9. The van der Waals surface area contributed by atoms with Crippen molar-refractivity contribution < 1.29 is 28.3 Å². The Morgan fingerprint density at radius 2 is 1.77 bits per heavy atom. The van der Waals surface area contributed by atoms with Gasteiger partial charge in [0.15, 0.2) is 11.5 Å². The number of hydrogen-bond acceptors (Lipinski definition) is 7. The number of carbonyl (C=O) groups excluding carboxylic acids is 1. The zero-order chi connectivity index (χ0) is 22.4. The van der Waals surface area contributed by atoms with Crippen LogP contribution >= 0.6 is 23.2 Å². The van der Waals surface area contributed by atoms with E-state index in [1.165, 1.54) is 7.11 Å². The van der Waals surface area contributed by atoms with Crippen LogP contribution in [0.15, 0.2) is 40.9 Å². The van der Waals surface area contributed by atoms with Crippen LogP contribution in [0.25, 0.3) is 0 Å². The van der Waals surface area contributed by atoms with Crippen molar-refractivity contribution in [3.05, 3.63) is 69.0 Å². The standard InChI is InChI=1S/C22H21Cl2NO6/c1-13-17(14(2)31-25-13)12-30-20-6-4-15(10-21(20)27-3)22(26)29-9-8-28-19-7-5-16(23)11-18(19)24/h4-7,10-11H,8-9,12H2,1-3H3. The molecule has 2 aromatic carbocycles. The molecule has 0 fully saturated rings. The molecule has 0 saturated carbocycles. The first-order chi connectivity index (χ1) is 14.9. The molecule has 0 N–H and O–H groups in total. The maximum absolute atomic E-state index is 12.3. The molecule has 9 heteroatoms. The second-order valence-corrected chi connectivity index (χ2v) is 7.36. The summed E-state index contributed by atoms with van der Waals surface area (Å²) < 4.78 is 27.1. The van der Waals surface area contributed by atoms with Crippen LogP contribution in [0.3, 0.4) is 0 Å². The van der Waals surface area contributed by atoms with Gasteiger partial charge in [-0.3, -0.25) is 0 Å². The number of hydrogen-bond donors (Lipinski definition) is 0. The van der Waals surface area contributed by atoms with Gasteiger partial charge in [0.2, 0.25) is 0 Å². The first-order valence-electron chi connectivity index (χ1n) is 9.36. The maximum Gasteiger partial charge on any atom is 0.338 e. The van der Waals surface area contributed by atoms with E-state index >= 15 is 0 Å². The third kappa shape index (κ3) is 5.83. The fourth-order valence-electron chi connectivity index (χ4n) is 2.73. The quantitative estimate of drug-likeness (QED) is 0.308. The summed E-state index contributed by atoms with van der Waals surface area (Å²) in [6.07, 6.45) is 0. The SMILES string of the molecule is COc1cc(C(=O)OCCOc2ccc(Cl)cc2Cl)ccc1OCc1c(C)noc1C. The van der Waals surface area contributed by atoms with Gasteiger partial charge in [0.25, 0.3) is 0 Å². The molecule has 0 spiro atoms. The van der Waals surface area contributed by atoms with Crippen molar-refractivity contribution >= 4 is 29.2 Å². The number of methoxy groups -OCH3 is 1. The van der Waals surface area contributed by atoms with Crippen molar-refractivity contribution in [3.8, 4) is 17.2 Å². The van der Waals surface area contributed by atoms with Crippen LogP contribution < -0.4 is 14.2 Å². The molecule has 0 aliphatic heterocycles. The Labute approximate surface area is 189 Å². The third-order valence-corrected chi connectivity index (χ3v) is 4.95. The largest absolute Gasteiger partial charge is 0.493 e. The van der Waals surface area contributed by atoms with Gasteiger partial charge in [-0.05, 0) is 50.2 Å². The molecule has 31 heavy (non-hydrogen) atoms. The van der Waals surface area contributed by atoms with E-state index in [9.17, 15) is 4.79 Å². The van der Waals surface area contributed by atoms with Crippen LogP contribution in [0.5, 0.6) is 17.2 Å². The normalized spacial score (nSPS) is 10.6. The van der Waals surface area contributed by atoms with Crippen LogP contribution in [0, 0.1) is 13.8 Å². The maximum atomic E-state index is 12.3. The number of rotatable bonds is 9. The van der Waals surface area contributed by atoms with E-state index in [1.807, 2.05) is 13.8 Å². The second-order valence-electron chi connectivity index (χ2n) is 6.52. The smallest absolute Gasteiger partial charge is 0.338 e. The Morgan fingerprint density at radius 1 is 1.00 bits per heavy atom. The number of nitrogens with zero attached hydrogens (tertiary/aromatic N) is 1. The third-order valence-electron chi connectivity index (χ3n) is 4.42. The Balaban J connectivity index is 1.55. The highest BCUT2D eigenvalue weighted by atomic mass is 35.5. The van der Waals surface area contributed by atoms with E-state index in [0.717, 1.165) is 11.3 Å². The van der Waals surface area contributed by atoms with E-state index in [2.05, 4.69) is 5.16 Å². The molecule has 3 rings (SSSR count). The summed E-state index contributed by atoms with van der Waals surface area (Å²) in [6.45, 7) is 4.12. The molecule has 0 amide bonds. The van der Waals surface area contributed by atoms with Crippen LogP contribution in [0.4, 0.5) is 0 Å². The predicted molar refractivity (Wildman–Crippen MR) is 116 cm³/mol. The predicted octanol–water partition coefficient (Wildman–Crippen LogP) is 5.42. The minimum atomic E-state index is -0.513. The highest BCUT2D eigenvalue weighted by Gasteiger charge is 2.15. The molecule has 7 nitrogen and oxygen atoms in total. The fraction of sp³-hybridized carbons (Fsp3) is 0.273. The Morgan fingerprint density at radius 3 is 2.45 bits per heavy atom. The van der Waals surface area contributed by atoms with Gasteiger partial charge >= 0.3 is 5.97 Å². The lowest BCUT2D eigenvalue weighted by Crippen LogP contribution is -2.12. The van der Waals surface area contributed by atoms with E-state index in [0.29, 0.717) is 38.6 Å². The summed E-state index contributed by atoms with van der Waals surface area (Å²) in [4.78, 5) is 12.3. The lowest BCUT2D eigenvalue weighted by molar-refractivity contribution is 0.0450. The number of aryl methyl sites for hydroxylation is 2. The van der Waals surface area contributed by atoms with Crippen LogP contribution in [0.2, 0.25) is 10.0 Å². The number of ether oxygens (including phenoxy) is 4. The molecule has 0 aliphatic carbocycles. The molecule has 0 aliphatic rings. The molecule has 1 aromatic heterocycles. The van der Waals surface area contributed by atoms with Gasteiger partial charge in [0.05, 0.1) is 29.0 Å². The summed E-state index contributed by atoms with van der Waals surface area (Å²) in [5, 5.41) is 4.80. The highest BCUT2D eigenvalue weighted by molar-refractivity contribution is 6.35. The first-order valence-corrected chi connectivity index (χ1v) is 10.1. The lowest BCUT2D eigenvalue weighted by atomic mass is 10.2. The second kappa shape index (κ2) is 10.4. The number of esters is 1. The first kappa shape index (κ1) is 22.8. The summed E-state index contributed by atoms with van der Waals surface area (Å²) in [5.74, 6) is 1.54. The van der Waals surface area contributed by atoms with Crippen molar-refractivity contribution in [2.45, 2.75) is 20.5 Å². The van der Waals surface area contributed by atoms with Gasteiger partial charge in [0, 0.05) is 5.02 Å². The number of aromatic nitrogens is 1. The molecule has 0 saturated heterocycles. The molecule has 0 atom stereocenters. The minimum absolute atomic E-state index is 0.0460. The molecular weight excluding hydrogens is 445 g/mol. The minimum Gasteiger partial charge on any atom is -0.493 e. The topological polar surface area (TPSA) is 80.0 Å². The van der Waals surface area contributed by atoms with Crippen molar-refractivity contribution in [2.24, 2.45) is 0 Å². The number of halogens is 2. The number of benzene rings is 2. The van der Waals surface area contributed by atoms with Gasteiger partial charge in [0.1, 0.15) is 31.3 Å². The molecular formula is C22H21Cl2NO6. The Hall–Kier alpha value is -2.90. The fourth-order valence-corrected chi connectivity index (χ4v) is 3.20. The van der Waals surface area contributed by atoms with Gasteiger partial charge in [-0.25, -0.2) is 4.79 Å². The number of carbonyl (C=O) groups is 1. The van der Waals surface area contributed by atoms with E-state index < -0.39 is 5.97 Å². The van der Waals surface area contributed by atoms with E-state index in [-0.39, 0.29) is 19.8 Å². The van der Waals surface area contributed by atoms with Crippen LogP contribution in [-0.4, -0.2) is 31.4 Å². The summed E-state index contributed by atoms with van der Waals surface area (Å²) in [5.41, 5.74) is 1.95. The molecule has 164 valence electrons. The average molecular weight is 466 g/mol. The lowest BCUT2D eigenvalue weighted by Gasteiger charge is -2.12. The van der Waals surface area contributed by atoms with E-state index in [4.69, 9.17) is 46.7 Å². The molecule has 0 unspecified atom stereocenters. The van der Waals surface area contributed by atoms with Crippen LogP contribution in [0.1, 0.15) is 27.4 Å². The van der Waals surface area contributed by atoms with Crippen molar-refractivity contribution in [1.82, 2.24) is 5.16 Å². The highest BCUT2D eigenvalue weighted by Crippen LogP contribution is 2.30. The Bertz CT molecular complexity index is 1050. The molecule has 0 bridgehead atoms. The van der Waals surface area contributed by atoms with Crippen LogP contribution in [-0.2, 0) is 11.3 Å². The van der Waals surface area contributed by atoms with Gasteiger partial charge in [-0.1, -0.05) is 28.4 Å². The van der Waals surface area contributed by atoms with Crippen molar-refractivity contribution in [2.75, 3.05) is 20.3 Å². The molecule has 0 radical (unpaired) electrons. The zero-order valence-electron chi connectivity index (χ0n) is 17.2. The Kier molecular flexibility index (Phi) is 7.65. The van der Waals surface area contributed by atoms with E-state index in [1.54, 1.807) is 36.4 Å². The molecule has 1 heterocycles. The van der Waals surface area contributed by atoms with Crippen molar-refractivity contribution in [1.29, 1.82) is 0 Å². The van der Waals surface area contributed by atoms with Crippen molar-refractivity contribution in [3.63, 3.8) is 0 Å². The zero-order valence-corrected chi connectivity index (χ0v) is 18.7. The van der Waals surface area contributed by atoms with Gasteiger partial charge < -0.3 is 23.5 Å². The summed E-state index contributed by atoms with van der Waals surface area (Å²) in [7, 11) is 1.50. The van der Waals surface area contributed by atoms with Gasteiger partial charge in [-0.15, -0.1) is 0 Å². The monoisotopic (exact) mass is 465 g/mol. The average Bonchev–Trinajstić information content (AvgIpc) is 3.08. The molecule has 3 aromatic rings. The summed E-state index contributed by atoms with van der Waals surface area (Å²) in [6, 6.07) is 9.70.